The zero-order valence-corrected chi connectivity index (χ0v) is 8.33. The predicted molar refractivity (Wildman–Crippen MR) is 53.2 cm³/mol. The van der Waals surface area contributed by atoms with E-state index in [1.54, 1.807) is 0 Å². The van der Waals surface area contributed by atoms with Gasteiger partial charge in [0.2, 0.25) is 0 Å². The quantitative estimate of drug-likeness (QED) is 0.636. The summed E-state index contributed by atoms with van der Waals surface area (Å²) in [5.74, 6) is -0.174. The molecule has 0 fully saturated rings. The number of amides is 1. The molecule has 14 heavy (non-hydrogen) atoms. The first-order chi connectivity index (χ1) is 6.47. The molecule has 0 aromatic rings. The molecule has 0 spiro atoms. The lowest BCUT2D eigenvalue weighted by Gasteiger charge is -1.90. The van der Waals surface area contributed by atoms with Gasteiger partial charge in [-0.25, -0.2) is 4.79 Å². The predicted octanol–water partition coefficient (Wildman–Crippen LogP) is 0.572. The number of nitrogens with zero attached hydrogens (tertiary/aromatic N) is 1. The third kappa shape index (κ3) is 5.08. The van der Waals surface area contributed by atoms with Crippen LogP contribution in [0.5, 0.6) is 0 Å². The van der Waals surface area contributed by atoms with Gasteiger partial charge >= 0.3 is 5.97 Å². The van der Waals surface area contributed by atoms with Crippen LogP contribution in [0.2, 0.25) is 0 Å². The summed E-state index contributed by atoms with van der Waals surface area (Å²) in [6.45, 7) is 6.96. The monoisotopic (exact) mass is 198 g/mol. The van der Waals surface area contributed by atoms with E-state index in [0.29, 0.717) is 6.54 Å². The minimum absolute atomic E-state index is 0.0538. The van der Waals surface area contributed by atoms with Crippen molar-refractivity contribution in [3.8, 4) is 0 Å². The number of amidine groups is 1. The van der Waals surface area contributed by atoms with E-state index in [1.165, 1.54) is 6.92 Å². The average Bonchev–Trinajstić information content (AvgIpc) is 2.52. The maximum atomic E-state index is 10.4. The number of carboxylic acid groups (broad SMARTS) is 1. The first-order valence-electron chi connectivity index (χ1n) is 4.20. The molecule has 1 amide bonds. The maximum Gasteiger partial charge on any atom is 0.330 e. The standard InChI is InChI=1S/C5H8N2O.C4H6O2/c1-2-4-6-3-5(8)7-4;1-3(2)4(5)6/h2-3H2,1H3,(H,6,7,8);1H2,2H3,(H,5,6). The Morgan fingerprint density at radius 1 is 1.71 bits per heavy atom. The number of aliphatic carboxylic acids is 1. The van der Waals surface area contributed by atoms with Gasteiger partial charge in [0.15, 0.2) is 0 Å². The molecule has 0 aromatic heterocycles. The number of carbonyl (C=O) groups is 2. The summed E-state index contributed by atoms with van der Waals surface area (Å²) in [5, 5.41) is 10.7. The Labute approximate surface area is 82.5 Å². The highest BCUT2D eigenvalue weighted by molar-refractivity contribution is 6.01. The molecule has 0 aromatic carbocycles. The fraction of sp³-hybridized carbons (Fsp3) is 0.444. The summed E-state index contributed by atoms with van der Waals surface area (Å²) in [6.07, 6.45) is 0.825. The molecule has 0 radical (unpaired) electrons. The number of carbonyl (C=O) groups excluding carboxylic acids is 1. The second-order valence-electron chi connectivity index (χ2n) is 2.74. The van der Waals surface area contributed by atoms with Gasteiger partial charge < -0.3 is 10.4 Å². The van der Waals surface area contributed by atoms with Crippen molar-refractivity contribution in [2.75, 3.05) is 6.54 Å². The second kappa shape index (κ2) is 5.90. The molecule has 0 unspecified atom stereocenters. The highest BCUT2D eigenvalue weighted by Crippen LogP contribution is 1.89. The molecule has 1 aliphatic heterocycles. The molecule has 0 saturated heterocycles. The van der Waals surface area contributed by atoms with Crippen molar-refractivity contribution < 1.29 is 14.7 Å². The minimum Gasteiger partial charge on any atom is -0.478 e. The van der Waals surface area contributed by atoms with Crippen LogP contribution >= 0.6 is 0 Å². The maximum absolute atomic E-state index is 10.4. The highest BCUT2D eigenvalue weighted by Gasteiger charge is 2.08. The average molecular weight is 198 g/mol. The summed E-state index contributed by atoms with van der Waals surface area (Å²) in [4.78, 5) is 23.6. The Balaban J connectivity index is 0.000000255. The fourth-order valence-corrected chi connectivity index (χ4v) is 0.611. The molecule has 0 saturated carbocycles. The lowest BCUT2D eigenvalue weighted by Crippen LogP contribution is -2.18. The van der Waals surface area contributed by atoms with Gasteiger partial charge in [0, 0.05) is 12.0 Å². The van der Waals surface area contributed by atoms with E-state index in [9.17, 15) is 9.59 Å². The van der Waals surface area contributed by atoms with E-state index >= 15 is 0 Å². The first-order valence-corrected chi connectivity index (χ1v) is 4.20. The van der Waals surface area contributed by atoms with Crippen molar-refractivity contribution in [1.29, 1.82) is 0 Å². The SMILES string of the molecule is C=C(C)C(=O)O.CCC1=NC(=O)CN1. The van der Waals surface area contributed by atoms with Crippen molar-refractivity contribution in [3.05, 3.63) is 12.2 Å². The van der Waals surface area contributed by atoms with E-state index in [0.717, 1.165) is 12.3 Å². The van der Waals surface area contributed by atoms with E-state index in [1.807, 2.05) is 6.92 Å². The molecular weight excluding hydrogens is 184 g/mol. The topological polar surface area (TPSA) is 78.8 Å². The molecule has 5 heteroatoms. The Morgan fingerprint density at radius 2 is 2.21 bits per heavy atom. The number of aliphatic imine (C=N–C) groups is 1. The van der Waals surface area contributed by atoms with Crippen molar-refractivity contribution in [2.24, 2.45) is 4.99 Å². The molecule has 0 aliphatic carbocycles. The van der Waals surface area contributed by atoms with E-state index in [2.05, 4.69) is 16.9 Å². The number of hydrogen-bond acceptors (Lipinski definition) is 3. The smallest absolute Gasteiger partial charge is 0.330 e. The van der Waals surface area contributed by atoms with Crippen LogP contribution in [0.3, 0.4) is 0 Å². The fourth-order valence-electron chi connectivity index (χ4n) is 0.611. The number of rotatable bonds is 2. The van der Waals surface area contributed by atoms with Crippen LogP contribution in [-0.2, 0) is 9.59 Å². The van der Waals surface area contributed by atoms with Crippen LogP contribution in [0.25, 0.3) is 0 Å². The molecule has 2 N–H and O–H groups in total. The van der Waals surface area contributed by atoms with Gasteiger partial charge in [-0.05, 0) is 6.92 Å². The molecule has 1 heterocycles. The molecular formula is C9H14N2O3. The van der Waals surface area contributed by atoms with Gasteiger partial charge in [-0.3, -0.25) is 4.79 Å². The summed E-state index contributed by atoms with van der Waals surface area (Å²) in [6, 6.07) is 0. The van der Waals surface area contributed by atoms with Crippen molar-refractivity contribution in [3.63, 3.8) is 0 Å². The van der Waals surface area contributed by atoms with Crippen molar-refractivity contribution >= 4 is 17.7 Å². The molecule has 0 atom stereocenters. The van der Waals surface area contributed by atoms with Crippen LogP contribution in [-0.4, -0.2) is 29.4 Å². The van der Waals surface area contributed by atoms with Gasteiger partial charge in [-0.2, -0.15) is 4.99 Å². The van der Waals surface area contributed by atoms with Gasteiger partial charge in [0.1, 0.15) is 5.84 Å². The van der Waals surface area contributed by atoms with E-state index < -0.39 is 5.97 Å². The Morgan fingerprint density at radius 3 is 2.36 bits per heavy atom. The van der Waals surface area contributed by atoms with Crippen LogP contribution in [0.4, 0.5) is 0 Å². The molecule has 1 rings (SSSR count). The highest BCUT2D eigenvalue weighted by atomic mass is 16.4. The number of nitrogens with one attached hydrogen (secondary N) is 1. The lowest BCUT2D eigenvalue weighted by atomic mass is 10.4. The number of hydrogen-bond donors (Lipinski definition) is 2. The van der Waals surface area contributed by atoms with Crippen LogP contribution < -0.4 is 5.32 Å². The molecule has 78 valence electrons. The number of carboxylic acids is 1. The van der Waals surface area contributed by atoms with Crippen molar-refractivity contribution in [1.82, 2.24) is 5.32 Å². The van der Waals surface area contributed by atoms with Gasteiger partial charge in [0.05, 0.1) is 6.54 Å². The summed E-state index contributed by atoms with van der Waals surface area (Å²) in [7, 11) is 0. The van der Waals surface area contributed by atoms with Crippen LogP contribution in [0, 0.1) is 0 Å². The van der Waals surface area contributed by atoms with Crippen LogP contribution in [0.15, 0.2) is 17.1 Å². The van der Waals surface area contributed by atoms with E-state index in [4.69, 9.17) is 5.11 Å². The summed E-state index contributed by atoms with van der Waals surface area (Å²) >= 11 is 0. The zero-order valence-electron chi connectivity index (χ0n) is 8.33. The van der Waals surface area contributed by atoms with E-state index in [-0.39, 0.29) is 11.5 Å². The Kier molecular flexibility index (Phi) is 5.21. The van der Waals surface area contributed by atoms with Crippen molar-refractivity contribution in [2.45, 2.75) is 20.3 Å². The van der Waals surface area contributed by atoms with Crippen LogP contribution in [0.1, 0.15) is 20.3 Å². The Hall–Kier alpha value is -1.65. The summed E-state index contributed by atoms with van der Waals surface area (Å²) < 4.78 is 0. The molecule has 1 aliphatic rings. The zero-order chi connectivity index (χ0) is 11.1. The second-order valence-corrected chi connectivity index (χ2v) is 2.74. The molecule has 0 bridgehead atoms. The van der Waals surface area contributed by atoms with Gasteiger partial charge in [-0.15, -0.1) is 0 Å². The minimum atomic E-state index is -0.935. The summed E-state index contributed by atoms with van der Waals surface area (Å²) in [5.41, 5.74) is 0.176. The normalized spacial score (nSPS) is 13.6. The Bertz CT molecular complexity index is 270. The third-order valence-electron chi connectivity index (χ3n) is 1.40. The first kappa shape index (κ1) is 12.3. The largest absolute Gasteiger partial charge is 0.478 e. The lowest BCUT2D eigenvalue weighted by molar-refractivity contribution is -0.132. The van der Waals surface area contributed by atoms with Gasteiger partial charge in [0.25, 0.3) is 5.91 Å². The van der Waals surface area contributed by atoms with Gasteiger partial charge in [-0.1, -0.05) is 13.5 Å². The molecule has 5 nitrogen and oxygen atoms in total. The third-order valence-corrected chi connectivity index (χ3v) is 1.40.